The third-order valence-electron chi connectivity index (χ3n) is 3.93. The average Bonchev–Trinajstić information content (AvgIpc) is 2.84. The molecule has 1 unspecified atom stereocenters. The molecule has 1 heterocycles. The molecule has 6 nitrogen and oxygen atoms in total. The average molecular weight is 330 g/mol. The number of amides is 2. The van der Waals surface area contributed by atoms with Crippen molar-refractivity contribution in [3.05, 3.63) is 47.3 Å². The number of nitrogens with one attached hydrogen (secondary N) is 2. The summed E-state index contributed by atoms with van der Waals surface area (Å²) >= 11 is 0. The molecule has 24 heavy (non-hydrogen) atoms. The van der Waals surface area contributed by atoms with E-state index in [0.717, 1.165) is 29.1 Å². The van der Waals surface area contributed by atoms with E-state index in [-0.39, 0.29) is 18.7 Å². The number of aliphatic hydroxyl groups excluding tert-OH is 1. The fourth-order valence-electron chi connectivity index (χ4n) is 2.64. The highest BCUT2D eigenvalue weighted by Gasteiger charge is 2.10. The second-order valence-electron chi connectivity index (χ2n) is 6.00. The Morgan fingerprint density at radius 3 is 2.75 bits per heavy atom. The normalized spacial score (nSPS) is 12.0. The van der Waals surface area contributed by atoms with Gasteiger partial charge in [-0.1, -0.05) is 19.1 Å². The van der Waals surface area contributed by atoms with Crippen LogP contribution in [0, 0.1) is 13.8 Å². The van der Waals surface area contributed by atoms with E-state index in [2.05, 4.69) is 15.7 Å². The highest BCUT2D eigenvalue weighted by molar-refractivity contribution is 5.89. The summed E-state index contributed by atoms with van der Waals surface area (Å²) in [5.74, 6) is 0. The van der Waals surface area contributed by atoms with Crippen LogP contribution in [-0.4, -0.2) is 33.6 Å². The Balaban J connectivity index is 1.99. The number of urea groups is 1. The van der Waals surface area contributed by atoms with E-state index >= 15 is 0 Å². The number of hydrogen-bond acceptors (Lipinski definition) is 3. The topological polar surface area (TPSA) is 79.2 Å². The van der Waals surface area contributed by atoms with Crippen molar-refractivity contribution in [3.63, 3.8) is 0 Å². The van der Waals surface area contributed by atoms with Crippen LogP contribution in [0.5, 0.6) is 0 Å². The molecule has 6 heteroatoms. The number of aromatic nitrogens is 2. The van der Waals surface area contributed by atoms with Crippen LogP contribution in [0.1, 0.15) is 36.7 Å². The molecule has 1 aromatic carbocycles. The van der Waals surface area contributed by atoms with Gasteiger partial charge in [0, 0.05) is 24.0 Å². The first kappa shape index (κ1) is 18.0. The number of aliphatic hydroxyl groups is 1. The van der Waals surface area contributed by atoms with Crippen LogP contribution >= 0.6 is 0 Å². The third-order valence-corrected chi connectivity index (χ3v) is 3.93. The largest absolute Gasteiger partial charge is 0.396 e. The highest BCUT2D eigenvalue weighted by Crippen LogP contribution is 2.13. The summed E-state index contributed by atoms with van der Waals surface area (Å²) in [5, 5.41) is 19.2. The molecule has 0 aliphatic rings. The predicted molar refractivity (Wildman–Crippen MR) is 95.2 cm³/mol. The van der Waals surface area contributed by atoms with Gasteiger partial charge in [-0.25, -0.2) is 4.79 Å². The van der Waals surface area contributed by atoms with Crippen molar-refractivity contribution >= 4 is 11.7 Å². The number of hydrogen-bond donors (Lipinski definition) is 3. The van der Waals surface area contributed by atoms with Gasteiger partial charge in [-0.15, -0.1) is 0 Å². The minimum Gasteiger partial charge on any atom is -0.396 e. The van der Waals surface area contributed by atoms with Gasteiger partial charge in [0.15, 0.2) is 0 Å². The number of rotatable bonds is 7. The van der Waals surface area contributed by atoms with Crippen molar-refractivity contribution in [2.75, 3.05) is 11.9 Å². The quantitative estimate of drug-likeness (QED) is 0.730. The maximum absolute atomic E-state index is 12.1. The van der Waals surface area contributed by atoms with E-state index in [1.807, 2.05) is 55.8 Å². The molecule has 130 valence electrons. The van der Waals surface area contributed by atoms with Gasteiger partial charge in [0.05, 0.1) is 12.2 Å². The molecular formula is C18H26N4O2. The van der Waals surface area contributed by atoms with Crippen LogP contribution in [0.15, 0.2) is 30.3 Å². The Kier molecular flexibility index (Phi) is 6.37. The van der Waals surface area contributed by atoms with Gasteiger partial charge in [0.1, 0.15) is 0 Å². The summed E-state index contributed by atoms with van der Waals surface area (Å²) in [6, 6.07) is 9.51. The molecule has 0 fully saturated rings. The van der Waals surface area contributed by atoms with E-state index < -0.39 is 0 Å². The first-order valence-corrected chi connectivity index (χ1v) is 8.30. The molecule has 0 saturated carbocycles. The summed E-state index contributed by atoms with van der Waals surface area (Å²) in [4.78, 5) is 12.1. The van der Waals surface area contributed by atoms with Crippen LogP contribution in [-0.2, 0) is 6.54 Å². The van der Waals surface area contributed by atoms with Gasteiger partial charge >= 0.3 is 6.03 Å². The van der Waals surface area contributed by atoms with Crippen LogP contribution in [0.2, 0.25) is 0 Å². The Morgan fingerprint density at radius 1 is 1.33 bits per heavy atom. The summed E-state index contributed by atoms with van der Waals surface area (Å²) in [5.41, 5.74) is 3.92. The number of anilines is 1. The Bertz CT molecular complexity index is 681. The minimum atomic E-state index is -0.251. The maximum Gasteiger partial charge on any atom is 0.319 e. The van der Waals surface area contributed by atoms with E-state index in [0.29, 0.717) is 13.0 Å². The van der Waals surface area contributed by atoms with E-state index in [9.17, 15) is 4.79 Å². The van der Waals surface area contributed by atoms with Crippen LogP contribution < -0.4 is 10.6 Å². The number of benzene rings is 1. The molecule has 1 atom stereocenters. The molecule has 3 N–H and O–H groups in total. The lowest BCUT2D eigenvalue weighted by Gasteiger charge is -2.16. The van der Waals surface area contributed by atoms with Crippen molar-refractivity contribution in [1.82, 2.24) is 15.1 Å². The van der Waals surface area contributed by atoms with Crippen LogP contribution in [0.3, 0.4) is 0 Å². The summed E-state index contributed by atoms with van der Waals surface area (Å²) in [7, 11) is 0. The smallest absolute Gasteiger partial charge is 0.319 e. The van der Waals surface area contributed by atoms with Gasteiger partial charge in [-0.05, 0) is 50.5 Å². The Morgan fingerprint density at radius 2 is 2.12 bits per heavy atom. The molecule has 2 aromatic rings. The second-order valence-corrected chi connectivity index (χ2v) is 6.00. The lowest BCUT2D eigenvalue weighted by Crippen LogP contribution is -2.38. The van der Waals surface area contributed by atoms with Gasteiger partial charge in [-0.3, -0.25) is 4.68 Å². The molecule has 0 aliphatic carbocycles. The van der Waals surface area contributed by atoms with Gasteiger partial charge in [0.25, 0.3) is 0 Å². The predicted octanol–water partition coefficient (Wildman–Crippen LogP) is 2.83. The lowest BCUT2D eigenvalue weighted by atomic mass is 10.1. The number of carbonyl (C=O) groups excluding carboxylic acids is 1. The zero-order valence-corrected chi connectivity index (χ0v) is 14.5. The monoisotopic (exact) mass is 330 g/mol. The molecule has 0 saturated heterocycles. The van der Waals surface area contributed by atoms with E-state index in [1.165, 1.54) is 0 Å². The van der Waals surface area contributed by atoms with Gasteiger partial charge in [-0.2, -0.15) is 5.10 Å². The lowest BCUT2D eigenvalue weighted by molar-refractivity contribution is 0.237. The summed E-state index contributed by atoms with van der Waals surface area (Å²) in [6.45, 7) is 6.72. The fraction of sp³-hybridized carbons (Fsp3) is 0.444. The number of carbonyl (C=O) groups is 1. The molecule has 0 aliphatic heterocycles. The second kappa shape index (κ2) is 8.49. The molecule has 2 rings (SSSR count). The first-order chi connectivity index (χ1) is 11.5. The van der Waals surface area contributed by atoms with Crippen molar-refractivity contribution in [2.24, 2.45) is 0 Å². The Hall–Kier alpha value is -2.34. The number of nitrogens with zero attached hydrogens (tertiary/aromatic N) is 2. The molecule has 1 aromatic heterocycles. The van der Waals surface area contributed by atoms with Crippen molar-refractivity contribution < 1.29 is 9.90 Å². The highest BCUT2D eigenvalue weighted by atomic mass is 16.3. The first-order valence-electron chi connectivity index (χ1n) is 8.30. The van der Waals surface area contributed by atoms with Gasteiger partial charge < -0.3 is 15.7 Å². The standard InChI is InChI=1S/C18H26N4O2/c1-4-16(8-9-23)19-18(24)20-17-7-5-6-15(11-17)12-22-14(3)10-13(2)21-22/h5-7,10-11,16,23H,4,8-9,12H2,1-3H3,(H2,19,20,24). The zero-order valence-electron chi connectivity index (χ0n) is 14.5. The van der Waals surface area contributed by atoms with Crippen molar-refractivity contribution in [3.8, 4) is 0 Å². The molecule has 0 spiro atoms. The van der Waals surface area contributed by atoms with Crippen molar-refractivity contribution in [1.29, 1.82) is 0 Å². The maximum atomic E-state index is 12.1. The molecule has 0 radical (unpaired) electrons. The fourth-order valence-corrected chi connectivity index (χ4v) is 2.64. The van der Waals surface area contributed by atoms with Crippen LogP contribution in [0.4, 0.5) is 10.5 Å². The van der Waals surface area contributed by atoms with E-state index in [1.54, 1.807) is 0 Å². The van der Waals surface area contributed by atoms with Crippen LogP contribution in [0.25, 0.3) is 0 Å². The Labute approximate surface area is 142 Å². The summed E-state index contributed by atoms with van der Waals surface area (Å²) < 4.78 is 1.95. The van der Waals surface area contributed by atoms with E-state index in [4.69, 9.17) is 5.11 Å². The number of aryl methyl sites for hydroxylation is 2. The SMILES string of the molecule is CCC(CCO)NC(=O)Nc1cccc(Cn2nc(C)cc2C)c1. The zero-order chi connectivity index (χ0) is 17.5. The third kappa shape index (κ3) is 5.09. The molecule has 0 bridgehead atoms. The minimum absolute atomic E-state index is 0.0205. The molecular weight excluding hydrogens is 304 g/mol. The summed E-state index contributed by atoms with van der Waals surface area (Å²) in [6.07, 6.45) is 1.34. The van der Waals surface area contributed by atoms with Crippen molar-refractivity contribution in [2.45, 2.75) is 46.2 Å². The van der Waals surface area contributed by atoms with Gasteiger partial charge in [0.2, 0.25) is 0 Å². The molecule has 2 amide bonds.